The maximum atomic E-state index is 13.5. The lowest BCUT2D eigenvalue weighted by Gasteiger charge is -2.22. The Labute approximate surface area is 213 Å². The Bertz CT molecular complexity index is 1260. The molecule has 1 aliphatic heterocycles. The summed E-state index contributed by atoms with van der Waals surface area (Å²) in [6, 6.07) is 6.35. The van der Waals surface area contributed by atoms with Crippen LogP contribution in [0, 0.1) is 5.82 Å². The lowest BCUT2D eigenvalue weighted by molar-refractivity contribution is -0.165. The second-order valence-corrected chi connectivity index (χ2v) is 11.5. The normalized spacial score (nSPS) is 27.9. The van der Waals surface area contributed by atoms with Gasteiger partial charge in [-0.1, -0.05) is 42.5 Å². The third-order valence-electron chi connectivity index (χ3n) is 7.26. The molecule has 4 atom stereocenters. The lowest BCUT2D eigenvalue weighted by atomic mass is 10.0. The van der Waals surface area contributed by atoms with E-state index < -0.39 is 18.0 Å². The Morgan fingerprint density at radius 2 is 1.92 bits per heavy atom. The fraction of sp³-hybridized carbons (Fsp3) is 0.600. The van der Waals surface area contributed by atoms with Crippen molar-refractivity contribution >= 4 is 28.7 Å². The molecular weight excluding hydrogens is 483 g/mol. The summed E-state index contributed by atoms with van der Waals surface area (Å²) in [7, 11) is 0. The predicted octanol–water partition coefficient (Wildman–Crippen LogP) is 4.18. The summed E-state index contributed by atoms with van der Waals surface area (Å²) in [6.07, 6.45) is 2.98. The molecule has 0 unspecified atom stereocenters. The maximum Gasteiger partial charge on any atom is 0.191 e. The largest absolute Gasteiger partial charge is 0.390 e. The Kier molecular flexibility index (Phi) is 5.94. The molecule has 192 valence electrons. The fourth-order valence-corrected chi connectivity index (χ4v) is 6.19. The molecule has 3 aliphatic rings. The minimum atomic E-state index is -0.776. The Hall–Kier alpha value is -2.34. The van der Waals surface area contributed by atoms with Crippen molar-refractivity contribution in [3.8, 4) is 0 Å². The van der Waals surface area contributed by atoms with Crippen LogP contribution in [0.2, 0.25) is 0 Å². The molecule has 2 aliphatic carbocycles. The van der Waals surface area contributed by atoms with Gasteiger partial charge >= 0.3 is 0 Å². The van der Waals surface area contributed by atoms with Crippen LogP contribution in [0.15, 0.2) is 29.4 Å². The van der Waals surface area contributed by atoms with Crippen LogP contribution in [-0.4, -0.2) is 59.9 Å². The van der Waals surface area contributed by atoms with Crippen LogP contribution in [0.5, 0.6) is 0 Å². The molecule has 11 heteroatoms. The van der Waals surface area contributed by atoms with Gasteiger partial charge in [0.15, 0.2) is 27.9 Å². The van der Waals surface area contributed by atoms with Crippen molar-refractivity contribution in [1.82, 2.24) is 25.0 Å². The standard InChI is InChI=1S/C25H31FN6O3S/c1-4-5-12-36-23-27-21(29-25(10-11-25)14-6-8-15(26)9-7-14)18-22(28-23)32(31-30-18)16-13-17(33)20-19(16)34-24(2,3)35-20/h6-9,16-17,19-20,33H,4-5,10-13H2,1-3H3,(H,27,28,29)/t16-,17+,19+,20-/m1/s1. The number of halogens is 1. The number of ether oxygens (including phenoxy) is 2. The zero-order valence-electron chi connectivity index (χ0n) is 20.6. The van der Waals surface area contributed by atoms with Crippen molar-refractivity contribution in [3.63, 3.8) is 0 Å². The number of thioether (sulfide) groups is 1. The number of fused-ring (bicyclic) bond motifs is 2. The molecule has 0 radical (unpaired) electrons. The summed E-state index contributed by atoms with van der Waals surface area (Å²) in [4.78, 5) is 9.68. The quantitative estimate of drug-likeness (QED) is 0.260. The van der Waals surface area contributed by atoms with Gasteiger partial charge in [-0.3, -0.25) is 0 Å². The van der Waals surface area contributed by atoms with E-state index in [1.807, 2.05) is 26.0 Å². The summed E-state index contributed by atoms with van der Waals surface area (Å²) in [5.41, 5.74) is 1.88. The van der Waals surface area contributed by atoms with Gasteiger partial charge in [-0.05, 0) is 50.8 Å². The van der Waals surface area contributed by atoms with Crippen LogP contribution < -0.4 is 5.32 Å². The summed E-state index contributed by atoms with van der Waals surface area (Å²) in [5, 5.41) is 23.9. The van der Waals surface area contributed by atoms with Crippen molar-refractivity contribution in [2.45, 2.75) is 93.7 Å². The molecule has 3 heterocycles. The number of hydrogen-bond donors (Lipinski definition) is 2. The van der Waals surface area contributed by atoms with Gasteiger partial charge in [0.1, 0.15) is 18.0 Å². The van der Waals surface area contributed by atoms with Crippen molar-refractivity contribution in [2.75, 3.05) is 11.1 Å². The number of benzene rings is 1. The molecule has 0 amide bonds. The van der Waals surface area contributed by atoms with Gasteiger partial charge in [-0.25, -0.2) is 19.0 Å². The van der Waals surface area contributed by atoms with E-state index in [1.165, 1.54) is 12.1 Å². The van der Waals surface area contributed by atoms with Crippen LogP contribution in [-0.2, 0) is 15.0 Å². The van der Waals surface area contributed by atoms with Gasteiger partial charge in [-0.15, -0.1) is 5.10 Å². The highest BCUT2D eigenvalue weighted by Crippen LogP contribution is 2.49. The van der Waals surface area contributed by atoms with Crippen molar-refractivity contribution < 1.29 is 19.0 Å². The van der Waals surface area contributed by atoms with E-state index in [0.717, 1.165) is 37.0 Å². The average molecular weight is 515 g/mol. The number of nitrogens with zero attached hydrogens (tertiary/aromatic N) is 5. The number of unbranched alkanes of at least 4 members (excludes halogenated alkanes) is 1. The number of nitrogens with one attached hydrogen (secondary N) is 1. The second-order valence-electron chi connectivity index (χ2n) is 10.4. The first kappa shape index (κ1) is 24.0. The monoisotopic (exact) mass is 514 g/mol. The molecule has 1 aromatic carbocycles. The molecule has 0 bridgehead atoms. The number of hydrogen-bond acceptors (Lipinski definition) is 9. The molecule has 2 N–H and O–H groups in total. The van der Waals surface area contributed by atoms with Gasteiger partial charge < -0.3 is 19.9 Å². The minimum Gasteiger partial charge on any atom is -0.390 e. The van der Waals surface area contributed by atoms with E-state index in [0.29, 0.717) is 28.6 Å². The third kappa shape index (κ3) is 4.25. The molecule has 2 aromatic heterocycles. The van der Waals surface area contributed by atoms with Gasteiger partial charge in [0, 0.05) is 12.2 Å². The lowest BCUT2D eigenvalue weighted by Crippen LogP contribution is -2.29. The van der Waals surface area contributed by atoms with E-state index in [1.54, 1.807) is 16.4 Å². The number of anilines is 1. The van der Waals surface area contributed by atoms with Crippen LogP contribution in [0.3, 0.4) is 0 Å². The Morgan fingerprint density at radius 1 is 1.17 bits per heavy atom. The van der Waals surface area contributed by atoms with Crippen LogP contribution >= 0.6 is 11.8 Å². The Morgan fingerprint density at radius 3 is 2.64 bits per heavy atom. The van der Waals surface area contributed by atoms with Crippen LogP contribution in [0.25, 0.3) is 11.2 Å². The molecule has 3 aromatic rings. The van der Waals surface area contributed by atoms with Crippen LogP contribution in [0.4, 0.5) is 10.2 Å². The Balaban J connectivity index is 1.38. The second kappa shape index (κ2) is 8.90. The zero-order valence-corrected chi connectivity index (χ0v) is 21.5. The van der Waals surface area contributed by atoms with E-state index in [-0.39, 0.29) is 23.5 Å². The number of rotatable bonds is 8. The molecule has 0 spiro atoms. The number of aliphatic hydroxyl groups is 1. The topological polar surface area (TPSA) is 107 Å². The SMILES string of the molecule is CCCCSc1nc(NC2(c3ccc(F)cc3)CC2)c2nnn([C@@H]3C[C@H](O)[C@H]4OC(C)(C)O[C@H]43)c2n1. The van der Waals surface area contributed by atoms with E-state index in [9.17, 15) is 9.50 Å². The molecule has 2 saturated carbocycles. The van der Waals surface area contributed by atoms with E-state index >= 15 is 0 Å². The number of aromatic nitrogens is 5. The van der Waals surface area contributed by atoms with Crippen molar-refractivity contribution in [3.05, 3.63) is 35.6 Å². The third-order valence-corrected chi connectivity index (χ3v) is 8.19. The van der Waals surface area contributed by atoms with E-state index in [4.69, 9.17) is 19.4 Å². The van der Waals surface area contributed by atoms with Gasteiger partial charge in [0.2, 0.25) is 0 Å². The summed E-state index contributed by atoms with van der Waals surface area (Å²) in [6.45, 7) is 5.86. The molecule has 6 rings (SSSR count). The van der Waals surface area contributed by atoms with Crippen molar-refractivity contribution in [2.24, 2.45) is 0 Å². The highest BCUT2D eigenvalue weighted by molar-refractivity contribution is 7.99. The smallest absolute Gasteiger partial charge is 0.191 e. The van der Waals surface area contributed by atoms with Gasteiger partial charge in [0.25, 0.3) is 0 Å². The highest BCUT2D eigenvalue weighted by atomic mass is 32.2. The highest BCUT2D eigenvalue weighted by Gasteiger charge is 2.55. The summed E-state index contributed by atoms with van der Waals surface area (Å²) >= 11 is 1.61. The van der Waals surface area contributed by atoms with Gasteiger partial charge in [0.05, 0.1) is 17.7 Å². The zero-order chi connectivity index (χ0) is 25.1. The van der Waals surface area contributed by atoms with Crippen LogP contribution in [0.1, 0.15) is 64.5 Å². The molecular formula is C25H31FN6O3S. The predicted molar refractivity (Wildman–Crippen MR) is 133 cm³/mol. The maximum absolute atomic E-state index is 13.5. The molecule has 36 heavy (non-hydrogen) atoms. The molecule has 9 nitrogen and oxygen atoms in total. The molecule has 3 fully saturated rings. The van der Waals surface area contributed by atoms with Gasteiger partial charge in [-0.2, -0.15) is 0 Å². The first-order valence-corrected chi connectivity index (χ1v) is 13.6. The minimum absolute atomic E-state index is 0.255. The summed E-state index contributed by atoms with van der Waals surface area (Å²) in [5.74, 6) is 0.493. The van der Waals surface area contributed by atoms with E-state index in [2.05, 4.69) is 22.6 Å². The fourth-order valence-electron chi connectivity index (χ4n) is 5.27. The first-order chi connectivity index (χ1) is 17.3. The average Bonchev–Trinajstić information content (AvgIpc) is 3.23. The first-order valence-electron chi connectivity index (χ1n) is 12.6. The van der Waals surface area contributed by atoms with Crippen molar-refractivity contribution in [1.29, 1.82) is 0 Å². The molecule has 1 saturated heterocycles. The number of aliphatic hydroxyl groups excluding tert-OH is 1. The summed E-state index contributed by atoms with van der Waals surface area (Å²) < 4.78 is 27.4.